The molecular weight excluding hydrogens is 430 g/mol. The van der Waals surface area contributed by atoms with E-state index in [-0.39, 0.29) is 10.6 Å². The Labute approximate surface area is 165 Å². The number of benzene rings is 3. The number of rotatable bonds is 5. The van der Waals surface area contributed by atoms with E-state index in [4.69, 9.17) is 0 Å². The van der Waals surface area contributed by atoms with Crippen molar-refractivity contribution in [1.29, 1.82) is 0 Å². The van der Waals surface area contributed by atoms with Crippen LogP contribution >= 0.6 is 15.9 Å². The Balaban J connectivity index is 1.78. The summed E-state index contributed by atoms with van der Waals surface area (Å²) in [4.78, 5) is 12.4. The Bertz CT molecular complexity index is 1060. The molecule has 138 valence electrons. The fraction of sp³-hybridized carbons (Fsp3) is 0. The second kappa shape index (κ2) is 8.24. The van der Waals surface area contributed by atoms with Crippen LogP contribution in [0.15, 0.2) is 88.2 Å². The average molecular weight is 446 g/mol. The van der Waals surface area contributed by atoms with Gasteiger partial charge in [-0.1, -0.05) is 42.5 Å². The normalized spacial score (nSPS) is 10.9. The number of carbonyl (C=O) groups is 1. The highest BCUT2D eigenvalue weighted by Gasteiger charge is 2.16. The average Bonchev–Trinajstić information content (AvgIpc) is 2.66. The Hall–Kier alpha value is -2.84. The molecular formula is C19H16BrN3O3S. The van der Waals surface area contributed by atoms with E-state index >= 15 is 0 Å². The lowest BCUT2D eigenvalue weighted by atomic mass is 10.3. The standard InChI is InChI=1S/C19H16BrN3O3S/c20-15-10-4-5-11-16(15)21-19(24)22-17-12-6-7-13-18(17)23-27(25,26)14-8-2-1-3-9-14/h1-13,23H,(H2,21,22,24). The molecule has 3 aromatic carbocycles. The molecule has 8 heteroatoms. The van der Waals surface area contributed by atoms with E-state index in [1.54, 1.807) is 60.7 Å². The minimum absolute atomic E-state index is 0.137. The molecule has 0 bridgehead atoms. The second-order valence-corrected chi connectivity index (χ2v) is 8.06. The van der Waals surface area contributed by atoms with Crippen LogP contribution in [0.2, 0.25) is 0 Å². The van der Waals surface area contributed by atoms with E-state index in [1.807, 2.05) is 6.07 Å². The molecule has 0 unspecified atom stereocenters. The first-order valence-electron chi connectivity index (χ1n) is 7.95. The van der Waals surface area contributed by atoms with E-state index < -0.39 is 16.1 Å². The van der Waals surface area contributed by atoms with Gasteiger partial charge in [0.25, 0.3) is 10.0 Å². The van der Waals surface area contributed by atoms with Crippen molar-refractivity contribution in [3.8, 4) is 0 Å². The molecule has 0 heterocycles. The Morgan fingerprint density at radius 1 is 0.704 bits per heavy atom. The Morgan fingerprint density at radius 2 is 1.22 bits per heavy atom. The van der Waals surface area contributed by atoms with Gasteiger partial charge in [-0.15, -0.1) is 0 Å². The largest absolute Gasteiger partial charge is 0.323 e. The predicted molar refractivity (Wildman–Crippen MR) is 110 cm³/mol. The van der Waals surface area contributed by atoms with Crippen LogP contribution in [-0.4, -0.2) is 14.4 Å². The lowest BCUT2D eigenvalue weighted by Crippen LogP contribution is -2.21. The van der Waals surface area contributed by atoms with Gasteiger partial charge in [-0.25, -0.2) is 13.2 Å². The van der Waals surface area contributed by atoms with Gasteiger partial charge in [-0.2, -0.15) is 0 Å². The first-order valence-corrected chi connectivity index (χ1v) is 10.2. The zero-order valence-electron chi connectivity index (χ0n) is 14.0. The van der Waals surface area contributed by atoms with Gasteiger partial charge in [-0.05, 0) is 52.3 Å². The van der Waals surface area contributed by atoms with Crippen molar-refractivity contribution in [3.63, 3.8) is 0 Å². The number of carbonyl (C=O) groups excluding carboxylic acids is 1. The number of amides is 2. The smallest absolute Gasteiger partial charge is 0.307 e. The van der Waals surface area contributed by atoms with Crippen molar-refractivity contribution in [3.05, 3.63) is 83.3 Å². The van der Waals surface area contributed by atoms with E-state index in [2.05, 4.69) is 31.3 Å². The Kier molecular flexibility index (Phi) is 5.78. The summed E-state index contributed by atoms with van der Waals surface area (Å²) in [5.74, 6) is 0. The van der Waals surface area contributed by atoms with E-state index in [0.717, 1.165) is 4.47 Å². The molecule has 0 saturated heterocycles. The molecule has 3 N–H and O–H groups in total. The molecule has 3 rings (SSSR count). The summed E-state index contributed by atoms with van der Waals surface area (Å²) in [7, 11) is -3.77. The van der Waals surface area contributed by atoms with Gasteiger partial charge < -0.3 is 10.6 Å². The SMILES string of the molecule is O=C(Nc1ccccc1Br)Nc1ccccc1NS(=O)(=O)c1ccccc1. The number of sulfonamides is 1. The lowest BCUT2D eigenvalue weighted by molar-refractivity contribution is 0.262. The third-order valence-corrected chi connectivity index (χ3v) is 5.67. The van der Waals surface area contributed by atoms with E-state index in [0.29, 0.717) is 11.4 Å². The fourth-order valence-electron chi connectivity index (χ4n) is 2.32. The molecule has 3 aromatic rings. The molecule has 0 aliphatic heterocycles. The molecule has 0 atom stereocenters. The number of hydrogen-bond donors (Lipinski definition) is 3. The minimum atomic E-state index is -3.77. The monoisotopic (exact) mass is 445 g/mol. The maximum atomic E-state index is 12.5. The summed E-state index contributed by atoms with van der Waals surface area (Å²) >= 11 is 3.36. The first kappa shape index (κ1) is 18.9. The maximum absolute atomic E-state index is 12.5. The molecule has 0 aliphatic rings. The van der Waals surface area contributed by atoms with Gasteiger partial charge >= 0.3 is 6.03 Å². The zero-order valence-corrected chi connectivity index (χ0v) is 16.4. The number of urea groups is 1. The first-order chi connectivity index (χ1) is 13.0. The van der Waals surface area contributed by atoms with Crippen molar-refractivity contribution in [1.82, 2.24) is 0 Å². The number of para-hydroxylation sites is 3. The Morgan fingerprint density at radius 3 is 1.89 bits per heavy atom. The molecule has 0 aromatic heterocycles. The van der Waals surface area contributed by atoms with Gasteiger partial charge in [0.2, 0.25) is 0 Å². The molecule has 2 amide bonds. The van der Waals surface area contributed by atoms with Crippen molar-refractivity contribution in [2.45, 2.75) is 4.90 Å². The van der Waals surface area contributed by atoms with Gasteiger partial charge in [0.05, 0.1) is 22.0 Å². The summed E-state index contributed by atoms with van der Waals surface area (Å²) in [6, 6.07) is 21.3. The number of halogens is 1. The quantitative estimate of drug-likeness (QED) is 0.521. The molecule has 0 aliphatic carbocycles. The van der Waals surface area contributed by atoms with Crippen LogP contribution < -0.4 is 15.4 Å². The van der Waals surface area contributed by atoms with Crippen LogP contribution in [0.1, 0.15) is 0 Å². The molecule has 0 saturated carbocycles. The van der Waals surface area contributed by atoms with Crippen molar-refractivity contribution in [2.75, 3.05) is 15.4 Å². The van der Waals surface area contributed by atoms with Crippen LogP contribution in [0.3, 0.4) is 0 Å². The van der Waals surface area contributed by atoms with Gasteiger partial charge in [0, 0.05) is 4.47 Å². The topological polar surface area (TPSA) is 87.3 Å². The van der Waals surface area contributed by atoms with Crippen LogP contribution in [0.25, 0.3) is 0 Å². The molecule has 0 spiro atoms. The highest BCUT2D eigenvalue weighted by atomic mass is 79.9. The molecule has 27 heavy (non-hydrogen) atoms. The summed E-state index contributed by atoms with van der Waals surface area (Å²) < 4.78 is 28.3. The van der Waals surface area contributed by atoms with Gasteiger partial charge in [0.1, 0.15) is 0 Å². The summed E-state index contributed by atoms with van der Waals surface area (Å²) in [6.07, 6.45) is 0. The molecule has 6 nitrogen and oxygen atoms in total. The summed E-state index contributed by atoms with van der Waals surface area (Å²) in [6.45, 7) is 0. The second-order valence-electron chi connectivity index (χ2n) is 5.52. The van der Waals surface area contributed by atoms with Crippen LogP contribution in [-0.2, 0) is 10.0 Å². The summed E-state index contributed by atoms with van der Waals surface area (Å²) in [5, 5.41) is 5.37. The highest BCUT2D eigenvalue weighted by Crippen LogP contribution is 2.25. The van der Waals surface area contributed by atoms with E-state index in [9.17, 15) is 13.2 Å². The highest BCUT2D eigenvalue weighted by molar-refractivity contribution is 9.10. The van der Waals surface area contributed by atoms with Crippen LogP contribution in [0, 0.1) is 0 Å². The van der Waals surface area contributed by atoms with Crippen molar-refractivity contribution in [2.24, 2.45) is 0 Å². The third-order valence-electron chi connectivity index (χ3n) is 3.60. The molecule has 0 radical (unpaired) electrons. The van der Waals surface area contributed by atoms with Crippen LogP contribution in [0.5, 0.6) is 0 Å². The lowest BCUT2D eigenvalue weighted by Gasteiger charge is -2.14. The number of anilines is 3. The number of nitrogens with one attached hydrogen (secondary N) is 3. The third kappa shape index (κ3) is 4.87. The zero-order chi connectivity index (χ0) is 19.3. The van der Waals surface area contributed by atoms with Crippen molar-refractivity contribution >= 4 is 49.0 Å². The fourth-order valence-corrected chi connectivity index (χ4v) is 3.81. The van der Waals surface area contributed by atoms with Gasteiger partial charge in [0.15, 0.2) is 0 Å². The maximum Gasteiger partial charge on any atom is 0.323 e. The molecule has 0 fully saturated rings. The van der Waals surface area contributed by atoms with E-state index in [1.165, 1.54) is 12.1 Å². The summed E-state index contributed by atoms with van der Waals surface area (Å²) in [5.41, 5.74) is 1.20. The van der Waals surface area contributed by atoms with Gasteiger partial charge in [-0.3, -0.25) is 4.72 Å². The van der Waals surface area contributed by atoms with Crippen LogP contribution in [0.4, 0.5) is 21.9 Å². The minimum Gasteiger partial charge on any atom is -0.307 e. The van der Waals surface area contributed by atoms with Crippen molar-refractivity contribution < 1.29 is 13.2 Å². The number of hydrogen-bond acceptors (Lipinski definition) is 3. The predicted octanol–water partition coefficient (Wildman–Crippen LogP) is 4.89.